The average molecular weight is 271 g/mol. The van der Waals surface area contributed by atoms with E-state index in [2.05, 4.69) is 16.5 Å². The summed E-state index contributed by atoms with van der Waals surface area (Å²) < 4.78 is 6.99. The molecule has 104 valence electrons. The zero-order chi connectivity index (χ0) is 14.7. The van der Waals surface area contributed by atoms with E-state index in [0.29, 0.717) is 22.8 Å². The van der Waals surface area contributed by atoms with Gasteiger partial charge < -0.3 is 15.8 Å². The van der Waals surface area contributed by atoms with Crippen molar-refractivity contribution in [1.29, 1.82) is 5.26 Å². The zero-order valence-corrected chi connectivity index (χ0v) is 11.8. The standard InChI is InChI=1S/C14H17N5O/c1-4-10-13(16)14(19(2)18-10)17-11-6-5-9(8-15)7-12(11)20-3/h5-7,17H,4,16H2,1-3H3. The van der Waals surface area contributed by atoms with Crippen molar-refractivity contribution in [2.45, 2.75) is 13.3 Å². The number of nitrogens with two attached hydrogens (primary N) is 1. The van der Waals surface area contributed by atoms with Gasteiger partial charge in [0.05, 0.1) is 35.8 Å². The molecule has 0 aliphatic rings. The van der Waals surface area contributed by atoms with Crippen molar-refractivity contribution in [2.24, 2.45) is 7.05 Å². The summed E-state index contributed by atoms with van der Waals surface area (Å²) >= 11 is 0. The molecule has 6 heteroatoms. The van der Waals surface area contributed by atoms with Crippen LogP contribution in [0.2, 0.25) is 0 Å². The maximum atomic E-state index is 8.90. The van der Waals surface area contributed by atoms with Crippen LogP contribution in [0.15, 0.2) is 18.2 Å². The number of nitrogen functional groups attached to an aromatic ring is 1. The predicted molar refractivity (Wildman–Crippen MR) is 78.0 cm³/mol. The number of hydrogen-bond donors (Lipinski definition) is 2. The van der Waals surface area contributed by atoms with Gasteiger partial charge in [-0.2, -0.15) is 10.4 Å². The molecule has 20 heavy (non-hydrogen) atoms. The van der Waals surface area contributed by atoms with Gasteiger partial charge >= 0.3 is 0 Å². The van der Waals surface area contributed by atoms with Gasteiger partial charge in [0, 0.05) is 13.1 Å². The number of methoxy groups -OCH3 is 1. The van der Waals surface area contributed by atoms with Crippen LogP contribution in [0.3, 0.4) is 0 Å². The van der Waals surface area contributed by atoms with Gasteiger partial charge in [0.1, 0.15) is 5.75 Å². The number of rotatable bonds is 4. The first-order valence-electron chi connectivity index (χ1n) is 6.27. The summed E-state index contributed by atoms with van der Waals surface area (Å²) in [7, 11) is 3.39. The molecule has 2 aromatic rings. The number of nitrogens with one attached hydrogen (secondary N) is 1. The molecule has 0 atom stereocenters. The Morgan fingerprint density at radius 2 is 2.25 bits per heavy atom. The molecule has 0 aliphatic carbocycles. The molecule has 1 aromatic heterocycles. The third-order valence-corrected chi connectivity index (χ3v) is 3.08. The second-order valence-corrected chi connectivity index (χ2v) is 4.34. The lowest BCUT2D eigenvalue weighted by Gasteiger charge is -2.12. The minimum Gasteiger partial charge on any atom is -0.495 e. The van der Waals surface area contributed by atoms with Crippen LogP contribution in [-0.4, -0.2) is 16.9 Å². The van der Waals surface area contributed by atoms with Crippen LogP contribution in [0.25, 0.3) is 0 Å². The molecule has 1 aromatic carbocycles. The van der Waals surface area contributed by atoms with E-state index in [1.54, 1.807) is 30.0 Å². The van der Waals surface area contributed by atoms with Crippen LogP contribution >= 0.6 is 0 Å². The summed E-state index contributed by atoms with van der Waals surface area (Å²) in [5.74, 6) is 1.30. The molecule has 0 amide bonds. The molecule has 0 fully saturated rings. The van der Waals surface area contributed by atoms with E-state index in [1.165, 1.54) is 0 Å². The highest BCUT2D eigenvalue weighted by molar-refractivity contribution is 5.74. The van der Waals surface area contributed by atoms with Crippen molar-refractivity contribution in [2.75, 3.05) is 18.2 Å². The molecule has 0 saturated carbocycles. The first-order chi connectivity index (χ1) is 9.60. The Kier molecular flexibility index (Phi) is 3.80. The molecule has 0 aliphatic heterocycles. The van der Waals surface area contributed by atoms with E-state index in [-0.39, 0.29) is 0 Å². The van der Waals surface area contributed by atoms with Crippen LogP contribution < -0.4 is 15.8 Å². The van der Waals surface area contributed by atoms with E-state index in [9.17, 15) is 0 Å². The zero-order valence-electron chi connectivity index (χ0n) is 11.8. The summed E-state index contributed by atoms with van der Waals surface area (Å²) in [6.07, 6.45) is 0.770. The van der Waals surface area contributed by atoms with Crippen molar-refractivity contribution in [3.05, 3.63) is 29.5 Å². The number of ether oxygens (including phenoxy) is 1. The topological polar surface area (TPSA) is 88.9 Å². The maximum absolute atomic E-state index is 8.90. The van der Waals surface area contributed by atoms with Crippen molar-refractivity contribution in [3.8, 4) is 11.8 Å². The summed E-state index contributed by atoms with van der Waals surface area (Å²) in [6.45, 7) is 2.00. The molecular formula is C14H17N5O. The fraction of sp³-hybridized carbons (Fsp3) is 0.286. The number of aryl methyl sites for hydroxylation is 2. The fourth-order valence-electron chi connectivity index (χ4n) is 2.00. The smallest absolute Gasteiger partial charge is 0.152 e. The Bertz CT molecular complexity index is 669. The second kappa shape index (κ2) is 5.53. The van der Waals surface area contributed by atoms with Crippen molar-refractivity contribution < 1.29 is 4.74 Å². The highest BCUT2D eigenvalue weighted by atomic mass is 16.5. The average Bonchev–Trinajstić information content (AvgIpc) is 2.74. The lowest BCUT2D eigenvalue weighted by molar-refractivity contribution is 0.416. The molecule has 6 nitrogen and oxygen atoms in total. The first kappa shape index (κ1) is 13.7. The third kappa shape index (κ3) is 2.38. The van der Waals surface area contributed by atoms with Gasteiger partial charge in [0.15, 0.2) is 5.82 Å². The number of nitrogens with zero attached hydrogens (tertiary/aromatic N) is 3. The largest absolute Gasteiger partial charge is 0.495 e. The predicted octanol–water partition coefficient (Wildman–Crippen LogP) is 2.19. The van der Waals surface area contributed by atoms with Gasteiger partial charge in [-0.15, -0.1) is 0 Å². The van der Waals surface area contributed by atoms with E-state index in [0.717, 1.165) is 17.8 Å². The Balaban J connectivity index is 2.40. The quantitative estimate of drug-likeness (QED) is 0.889. The molecule has 0 bridgehead atoms. The Labute approximate surface area is 117 Å². The molecule has 1 heterocycles. The maximum Gasteiger partial charge on any atom is 0.152 e. The monoisotopic (exact) mass is 271 g/mol. The van der Waals surface area contributed by atoms with Crippen LogP contribution in [0.5, 0.6) is 5.75 Å². The normalized spacial score (nSPS) is 10.1. The van der Waals surface area contributed by atoms with Crippen molar-refractivity contribution in [3.63, 3.8) is 0 Å². The molecule has 0 unspecified atom stereocenters. The fourth-order valence-corrected chi connectivity index (χ4v) is 2.00. The summed E-state index contributed by atoms with van der Waals surface area (Å²) in [5.41, 5.74) is 8.83. The molecular weight excluding hydrogens is 254 g/mol. The van der Waals surface area contributed by atoms with Gasteiger partial charge in [-0.25, -0.2) is 0 Å². The van der Waals surface area contributed by atoms with Crippen molar-refractivity contribution in [1.82, 2.24) is 9.78 Å². The molecule has 3 N–H and O–H groups in total. The summed E-state index contributed by atoms with van der Waals surface area (Å²) in [6, 6.07) is 7.26. The van der Waals surface area contributed by atoms with Crippen molar-refractivity contribution >= 4 is 17.2 Å². The summed E-state index contributed by atoms with van der Waals surface area (Å²) in [4.78, 5) is 0. The third-order valence-electron chi connectivity index (χ3n) is 3.08. The minimum atomic E-state index is 0.541. The first-order valence-corrected chi connectivity index (χ1v) is 6.27. The molecule has 0 spiro atoms. The number of hydrogen-bond acceptors (Lipinski definition) is 5. The van der Waals surface area contributed by atoms with Crippen LogP contribution in [0, 0.1) is 11.3 Å². The van der Waals surface area contributed by atoms with Crippen LogP contribution in [0.4, 0.5) is 17.2 Å². The van der Waals surface area contributed by atoms with Crippen LogP contribution in [-0.2, 0) is 13.5 Å². The highest BCUT2D eigenvalue weighted by Gasteiger charge is 2.14. The number of benzene rings is 1. The number of anilines is 3. The summed E-state index contributed by atoms with van der Waals surface area (Å²) in [5, 5.41) is 16.5. The van der Waals surface area contributed by atoms with E-state index in [1.807, 2.05) is 14.0 Å². The Morgan fingerprint density at radius 3 is 2.80 bits per heavy atom. The molecule has 2 rings (SSSR count). The van der Waals surface area contributed by atoms with Gasteiger partial charge in [0.2, 0.25) is 0 Å². The highest BCUT2D eigenvalue weighted by Crippen LogP contribution is 2.32. The Morgan fingerprint density at radius 1 is 1.50 bits per heavy atom. The lowest BCUT2D eigenvalue weighted by Crippen LogP contribution is -2.03. The molecule has 0 radical (unpaired) electrons. The SMILES string of the molecule is CCc1nn(C)c(Nc2ccc(C#N)cc2OC)c1N. The number of nitriles is 1. The number of aromatic nitrogens is 2. The Hall–Kier alpha value is -2.68. The van der Waals surface area contributed by atoms with Gasteiger partial charge in [-0.1, -0.05) is 6.92 Å². The van der Waals surface area contributed by atoms with Crippen LogP contribution in [0.1, 0.15) is 18.2 Å². The van der Waals surface area contributed by atoms with Gasteiger partial charge in [-0.3, -0.25) is 4.68 Å². The molecule has 0 saturated heterocycles. The lowest BCUT2D eigenvalue weighted by atomic mass is 10.2. The minimum absolute atomic E-state index is 0.541. The van der Waals surface area contributed by atoms with E-state index >= 15 is 0 Å². The van der Waals surface area contributed by atoms with E-state index in [4.69, 9.17) is 15.7 Å². The van der Waals surface area contributed by atoms with Gasteiger partial charge in [-0.05, 0) is 18.6 Å². The second-order valence-electron chi connectivity index (χ2n) is 4.34. The van der Waals surface area contributed by atoms with Gasteiger partial charge in [0.25, 0.3) is 0 Å². The van der Waals surface area contributed by atoms with E-state index < -0.39 is 0 Å².